The molecule has 1 aliphatic rings. The van der Waals surface area contributed by atoms with Gasteiger partial charge in [-0.2, -0.15) is 0 Å². The average molecular weight is 287 g/mol. The van der Waals surface area contributed by atoms with Gasteiger partial charge in [-0.25, -0.2) is 4.39 Å². The highest BCUT2D eigenvalue weighted by Gasteiger charge is 2.22. The van der Waals surface area contributed by atoms with Crippen LogP contribution < -0.4 is 4.90 Å². The van der Waals surface area contributed by atoms with Crippen molar-refractivity contribution in [3.8, 4) is 0 Å². The molecular formula is C16H14FNOS. The van der Waals surface area contributed by atoms with E-state index in [1.54, 1.807) is 16.7 Å². The Balaban J connectivity index is 1.97. The minimum Gasteiger partial charge on any atom is -0.307 e. The van der Waals surface area contributed by atoms with Gasteiger partial charge < -0.3 is 4.90 Å². The summed E-state index contributed by atoms with van der Waals surface area (Å²) in [6.45, 7) is 0.695. The maximum absolute atomic E-state index is 13.0. The third-order valence-electron chi connectivity index (χ3n) is 3.28. The summed E-state index contributed by atoms with van der Waals surface area (Å²) in [6.07, 6.45) is 0.951. The number of benzene rings is 2. The summed E-state index contributed by atoms with van der Waals surface area (Å²) in [5.74, 6) is 0.609. The Hall–Kier alpha value is -1.81. The van der Waals surface area contributed by atoms with Gasteiger partial charge in [0.25, 0.3) is 5.91 Å². The van der Waals surface area contributed by atoms with Gasteiger partial charge in [-0.05, 0) is 48.6 Å². The minimum absolute atomic E-state index is 0.0695. The highest BCUT2D eigenvalue weighted by atomic mass is 32.2. The van der Waals surface area contributed by atoms with E-state index in [4.69, 9.17) is 0 Å². The number of carbonyl (C=O) groups is 1. The number of rotatable bonds is 1. The lowest BCUT2D eigenvalue weighted by atomic mass is 10.1. The molecule has 0 N–H and O–H groups in total. The largest absolute Gasteiger partial charge is 0.307 e. The molecule has 0 atom stereocenters. The van der Waals surface area contributed by atoms with Crippen LogP contribution in [0.2, 0.25) is 0 Å². The Morgan fingerprint density at radius 2 is 1.85 bits per heavy atom. The summed E-state index contributed by atoms with van der Waals surface area (Å²) in [5.41, 5.74) is 1.47. The molecule has 2 aromatic rings. The zero-order chi connectivity index (χ0) is 13.9. The number of hydrogen-bond acceptors (Lipinski definition) is 2. The maximum atomic E-state index is 13.0. The Bertz CT molecular complexity index is 627. The zero-order valence-corrected chi connectivity index (χ0v) is 11.7. The second kappa shape index (κ2) is 5.67. The van der Waals surface area contributed by atoms with Gasteiger partial charge in [-0.3, -0.25) is 4.79 Å². The van der Waals surface area contributed by atoms with E-state index < -0.39 is 0 Å². The molecule has 0 unspecified atom stereocenters. The third-order valence-corrected chi connectivity index (χ3v) is 4.43. The van der Waals surface area contributed by atoms with E-state index in [1.165, 1.54) is 24.3 Å². The van der Waals surface area contributed by atoms with Crippen molar-refractivity contribution < 1.29 is 9.18 Å². The topological polar surface area (TPSA) is 20.3 Å². The monoisotopic (exact) mass is 287 g/mol. The van der Waals surface area contributed by atoms with Crippen molar-refractivity contribution in [3.05, 3.63) is 59.9 Å². The van der Waals surface area contributed by atoms with Crippen molar-refractivity contribution in [1.82, 2.24) is 0 Å². The smallest absolute Gasteiger partial charge is 0.258 e. The molecule has 1 heterocycles. The molecular weight excluding hydrogens is 273 g/mol. The first kappa shape index (κ1) is 13.2. The van der Waals surface area contributed by atoms with Crippen LogP contribution in [0.3, 0.4) is 0 Å². The number of halogens is 1. The molecule has 0 bridgehead atoms. The number of para-hydroxylation sites is 1. The molecule has 0 aliphatic carbocycles. The van der Waals surface area contributed by atoms with Crippen LogP contribution in [0, 0.1) is 5.82 Å². The van der Waals surface area contributed by atoms with Crippen molar-refractivity contribution >= 4 is 23.4 Å². The van der Waals surface area contributed by atoms with Gasteiger partial charge >= 0.3 is 0 Å². The first-order chi connectivity index (χ1) is 9.75. The fourth-order valence-corrected chi connectivity index (χ4v) is 3.28. The Labute approximate surface area is 121 Å². The van der Waals surface area contributed by atoms with E-state index in [0.29, 0.717) is 12.1 Å². The molecule has 20 heavy (non-hydrogen) atoms. The van der Waals surface area contributed by atoms with Gasteiger partial charge in [0.15, 0.2) is 0 Å². The number of amides is 1. The first-order valence-corrected chi connectivity index (χ1v) is 7.53. The van der Waals surface area contributed by atoms with Crippen molar-refractivity contribution in [3.63, 3.8) is 0 Å². The molecule has 4 heteroatoms. The molecule has 0 saturated heterocycles. The number of thioether (sulfide) groups is 1. The van der Waals surface area contributed by atoms with Gasteiger partial charge in [0.2, 0.25) is 0 Å². The zero-order valence-electron chi connectivity index (χ0n) is 10.9. The quantitative estimate of drug-likeness (QED) is 0.791. The predicted molar refractivity (Wildman–Crippen MR) is 79.9 cm³/mol. The highest BCUT2D eigenvalue weighted by molar-refractivity contribution is 7.99. The molecule has 2 aromatic carbocycles. The second-order valence-electron chi connectivity index (χ2n) is 4.63. The maximum Gasteiger partial charge on any atom is 0.258 e. The van der Waals surface area contributed by atoms with E-state index in [-0.39, 0.29) is 11.7 Å². The third kappa shape index (κ3) is 2.56. The normalized spacial score (nSPS) is 14.6. The molecule has 0 fully saturated rings. The lowest BCUT2D eigenvalue weighted by molar-refractivity contribution is 0.0986. The first-order valence-electron chi connectivity index (χ1n) is 6.55. The highest BCUT2D eigenvalue weighted by Crippen LogP contribution is 2.34. The number of nitrogens with zero attached hydrogens (tertiary/aromatic N) is 1. The summed E-state index contributed by atoms with van der Waals surface area (Å²) in [7, 11) is 0. The summed E-state index contributed by atoms with van der Waals surface area (Å²) < 4.78 is 13.0. The number of anilines is 1. The fourth-order valence-electron chi connectivity index (χ4n) is 2.29. The molecule has 0 radical (unpaired) electrons. The minimum atomic E-state index is -0.326. The second-order valence-corrected chi connectivity index (χ2v) is 5.77. The van der Waals surface area contributed by atoms with E-state index in [2.05, 4.69) is 0 Å². The molecule has 3 rings (SSSR count). The Kier molecular flexibility index (Phi) is 3.74. The Morgan fingerprint density at radius 1 is 1.10 bits per heavy atom. The summed E-state index contributed by atoms with van der Waals surface area (Å²) >= 11 is 1.77. The van der Waals surface area contributed by atoms with Gasteiger partial charge in [0.1, 0.15) is 5.82 Å². The van der Waals surface area contributed by atoms with Crippen LogP contribution >= 0.6 is 11.8 Å². The van der Waals surface area contributed by atoms with Gasteiger partial charge in [-0.1, -0.05) is 12.1 Å². The fraction of sp³-hybridized carbons (Fsp3) is 0.188. The van der Waals surface area contributed by atoms with Crippen LogP contribution in [0.15, 0.2) is 53.4 Å². The Morgan fingerprint density at radius 3 is 2.65 bits per heavy atom. The molecule has 0 aromatic heterocycles. The van der Waals surface area contributed by atoms with Crippen LogP contribution in [-0.4, -0.2) is 18.2 Å². The van der Waals surface area contributed by atoms with Crippen LogP contribution in [-0.2, 0) is 0 Å². The molecule has 0 saturated carbocycles. The van der Waals surface area contributed by atoms with Crippen LogP contribution in [0.25, 0.3) is 0 Å². The van der Waals surface area contributed by atoms with E-state index in [0.717, 1.165) is 22.8 Å². The molecule has 1 aliphatic heterocycles. The lowest BCUT2D eigenvalue weighted by Crippen LogP contribution is -2.31. The molecule has 0 spiro atoms. The van der Waals surface area contributed by atoms with Gasteiger partial charge in [0, 0.05) is 17.0 Å². The SMILES string of the molecule is O=C(c1ccc(F)cc1)N1CCCSc2ccccc21. The standard InChI is InChI=1S/C16H14FNOS/c17-13-8-6-12(7-9-13)16(19)18-10-3-11-20-15-5-2-1-4-14(15)18/h1-2,4-9H,3,10-11H2. The number of carbonyl (C=O) groups excluding carboxylic acids is 1. The van der Waals surface area contributed by atoms with Crippen molar-refractivity contribution in [2.75, 3.05) is 17.2 Å². The average Bonchev–Trinajstić information content (AvgIpc) is 2.69. The molecule has 2 nitrogen and oxygen atoms in total. The lowest BCUT2D eigenvalue weighted by Gasteiger charge is -2.22. The molecule has 1 amide bonds. The predicted octanol–water partition coefficient (Wildman–Crippen LogP) is 3.97. The van der Waals surface area contributed by atoms with Gasteiger partial charge in [-0.15, -0.1) is 11.8 Å². The molecule has 102 valence electrons. The van der Waals surface area contributed by atoms with Crippen LogP contribution in [0.5, 0.6) is 0 Å². The summed E-state index contributed by atoms with van der Waals surface area (Å²) in [5, 5.41) is 0. The van der Waals surface area contributed by atoms with E-state index in [9.17, 15) is 9.18 Å². The van der Waals surface area contributed by atoms with E-state index >= 15 is 0 Å². The van der Waals surface area contributed by atoms with Crippen molar-refractivity contribution in [1.29, 1.82) is 0 Å². The van der Waals surface area contributed by atoms with Crippen LogP contribution in [0.4, 0.5) is 10.1 Å². The summed E-state index contributed by atoms with van der Waals surface area (Å²) in [4.78, 5) is 15.5. The number of fused-ring (bicyclic) bond motifs is 1. The van der Waals surface area contributed by atoms with Crippen molar-refractivity contribution in [2.24, 2.45) is 0 Å². The number of hydrogen-bond donors (Lipinski definition) is 0. The summed E-state index contributed by atoms with van der Waals surface area (Å²) in [6, 6.07) is 13.7. The van der Waals surface area contributed by atoms with E-state index in [1.807, 2.05) is 24.3 Å². The van der Waals surface area contributed by atoms with Gasteiger partial charge in [0.05, 0.1) is 5.69 Å². The van der Waals surface area contributed by atoms with Crippen molar-refractivity contribution in [2.45, 2.75) is 11.3 Å². The van der Waals surface area contributed by atoms with Crippen LogP contribution in [0.1, 0.15) is 16.8 Å².